The Bertz CT molecular complexity index is 662. The summed E-state index contributed by atoms with van der Waals surface area (Å²) in [5.41, 5.74) is 1.48. The summed E-state index contributed by atoms with van der Waals surface area (Å²) in [6.07, 6.45) is 20.2. The lowest BCUT2D eigenvalue weighted by atomic mass is 9.93. The van der Waals surface area contributed by atoms with E-state index in [2.05, 4.69) is 12.2 Å². The number of hydrogen-bond acceptors (Lipinski definition) is 3. The number of ketones is 2. The van der Waals surface area contributed by atoms with Crippen molar-refractivity contribution in [3.8, 4) is 0 Å². The van der Waals surface area contributed by atoms with Gasteiger partial charge >= 0.3 is 0 Å². The van der Waals surface area contributed by atoms with Gasteiger partial charge in [-0.05, 0) is 6.42 Å². The number of carbonyl (C=O) groups excluding carboxylic acids is 2. The summed E-state index contributed by atoms with van der Waals surface area (Å²) >= 11 is 0. The van der Waals surface area contributed by atoms with Crippen LogP contribution >= 0.6 is 0 Å². The van der Waals surface area contributed by atoms with Crippen LogP contribution in [0.5, 0.6) is 0 Å². The Morgan fingerprint density at radius 2 is 1.14 bits per heavy atom. The minimum absolute atomic E-state index is 0.0643. The van der Waals surface area contributed by atoms with E-state index in [1.165, 1.54) is 89.5 Å². The van der Waals surface area contributed by atoms with Crippen LogP contribution in [-0.4, -0.2) is 18.1 Å². The molecular weight excluding hydrogens is 358 g/mol. The predicted octanol–water partition coefficient (Wildman–Crippen LogP) is 7.02. The third-order valence-electron chi connectivity index (χ3n) is 5.80. The molecule has 0 saturated heterocycles. The molecule has 0 bridgehead atoms. The Hall–Kier alpha value is -1.90. The van der Waals surface area contributed by atoms with Crippen LogP contribution in [0, 0.1) is 0 Å². The van der Waals surface area contributed by atoms with E-state index in [4.69, 9.17) is 0 Å². The monoisotopic (exact) mass is 397 g/mol. The molecule has 0 unspecified atom stereocenters. The first-order valence-electron chi connectivity index (χ1n) is 11.9. The van der Waals surface area contributed by atoms with Gasteiger partial charge in [0.1, 0.15) is 0 Å². The van der Waals surface area contributed by atoms with E-state index >= 15 is 0 Å². The van der Waals surface area contributed by atoms with Crippen molar-refractivity contribution in [3.05, 3.63) is 47.2 Å². The highest BCUT2D eigenvalue weighted by atomic mass is 16.1. The van der Waals surface area contributed by atoms with Crippen LogP contribution < -0.4 is 5.32 Å². The molecule has 2 rings (SSSR count). The van der Waals surface area contributed by atoms with Crippen LogP contribution in [0.3, 0.4) is 0 Å². The summed E-state index contributed by atoms with van der Waals surface area (Å²) in [5, 5.41) is 3.18. The van der Waals surface area contributed by atoms with E-state index in [-0.39, 0.29) is 11.6 Å². The molecule has 1 aliphatic carbocycles. The van der Waals surface area contributed by atoms with Gasteiger partial charge in [-0.15, -0.1) is 0 Å². The molecule has 0 atom stereocenters. The fourth-order valence-electron chi connectivity index (χ4n) is 3.99. The quantitative estimate of drug-likeness (QED) is 0.305. The third-order valence-corrected chi connectivity index (χ3v) is 5.80. The Balaban J connectivity index is 1.44. The van der Waals surface area contributed by atoms with Crippen LogP contribution in [0.15, 0.2) is 36.0 Å². The highest BCUT2D eigenvalue weighted by Gasteiger charge is 2.24. The summed E-state index contributed by atoms with van der Waals surface area (Å²) < 4.78 is 0. The van der Waals surface area contributed by atoms with Crippen molar-refractivity contribution in [3.63, 3.8) is 0 Å². The molecule has 0 amide bonds. The molecule has 0 heterocycles. The van der Waals surface area contributed by atoms with Crippen LogP contribution in [-0.2, 0) is 0 Å². The number of allylic oxidation sites excluding steroid dienone is 2. The Morgan fingerprint density at radius 3 is 1.69 bits per heavy atom. The summed E-state index contributed by atoms with van der Waals surface area (Å²) in [7, 11) is 0. The fraction of sp³-hybridized carbons (Fsp3) is 0.615. The van der Waals surface area contributed by atoms with E-state index in [1.807, 2.05) is 0 Å². The van der Waals surface area contributed by atoms with E-state index in [0.29, 0.717) is 16.8 Å². The number of fused-ring (bicyclic) bond motifs is 1. The van der Waals surface area contributed by atoms with E-state index in [1.54, 1.807) is 24.3 Å². The van der Waals surface area contributed by atoms with Gasteiger partial charge in [-0.25, -0.2) is 0 Å². The number of nitrogens with one attached hydrogen (secondary N) is 1. The Labute approximate surface area is 177 Å². The van der Waals surface area contributed by atoms with Gasteiger partial charge in [-0.3, -0.25) is 9.59 Å². The van der Waals surface area contributed by atoms with Gasteiger partial charge in [-0.1, -0.05) is 115 Å². The molecule has 1 N–H and O–H groups in total. The van der Waals surface area contributed by atoms with E-state index < -0.39 is 0 Å². The predicted molar refractivity (Wildman–Crippen MR) is 122 cm³/mol. The fourth-order valence-corrected chi connectivity index (χ4v) is 3.99. The molecule has 0 fully saturated rings. The van der Waals surface area contributed by atoms with Crippen molar-refractivity contribution in [2.45, 2.75) is 96.8 Å². The first-order chi connectivity index (χ1) is 14.2. The van der Waals surface area contributed by atoms with Gasteiger partial charge in [0.25, 0.3) is 0 Å². The Morgan fingerprint density at radius 1 is 0.655 bits per heavy atom. The lowest BCUT2D eigenvalue weighted by Crippen LogP contribution is -2.27. The first kappa shape index (κ1) is 23.4. The van der Waals surface area contributed by atoms with Crippen LogP contribution in [0.2, 0.25) is 0 Å². The SMILES string of the molecule is CCCCCCCCCCCCCCCCNC1=CC(=O)c2ccccc2C1=O. The molecule has 29 heavy (non-hydrogen) atoms. The number of rotatable bonds is 16. The zero-order valence-electron chi connectivity index (χ0n) is 18.3. The second kappa shape index (κ2) is 14.1. The highest BCUT2D eigenvalue weighted by molar-refractivity contribution is 6.24. The van der Waals surface area contributed by atoms with Gasteiger partial charge in [0, 0.05) is 23.7 Å². The van der Waals surface area contributed by atoms with Crippen molar-refractivity contribution in [1.29, 1.82) is 0 Å². The van der Waals surface area contributed by atoms with Crippen molar-refractivity contribution in [1.82, 2.24) is 5.32 Å². The van der Waals surface area contributed by atoms with Crippen LogP contribution in [0.25, 0.3) is 0 Å². The number of unbranched alkanes of at least 4 members (excludes halogenated alkanes) is 13. The maximum atomic E-state index is 12.5. The largest absolute Gasteiger partial charge is 0.382 e. The van der Waals surface area contributed by atoms with E-state index in [9.17, 15) is 9.59 Å². The first-order valence-corrected chi connectivity index (χ1v) is 11.9. The molecule has 160 valence electrons. The smallest absolute Gasteiger partial charge is 0.209 e. The minimum Gasteiger partial charge on any atom is -0.382 e. The van der Waals surface area contributed by atoms with Gasteiger partial charge in [0.2, 0.25) is 5.78 Å². The van der Waals surface area contributed by atoms with Crippen molar-refractivity contribution in [2.24, 2.45) is 0 Å². The normalized spacial score (nSPS) is 13.3. The van der Waals surface area contributed by atoms with Crippen molar-refractivity contribution < 1.29 is 9.59 Å². The zero-order valence-corrected chi connectivity index (χ0v) is 18.3. The molecule has 1 aromatic carbocycles. The molecule has 1 aromatic rings. The molecule has 0 spiro atoms. The van der Waals surface area contributed by atoms with Crippen LogP contribution in [0.1, 0.15) is 118 Å². The van der Waals surface area contributed by atoms with Gasteiger partial charge < -0.3 is 5.32 Å². The highest BCUT2D eigenvalue weighted by Crippen LogP contribution is 2.20. The van der Waals surface area contributed by atoms with Gasteiger partial charge in [0.05, 0.1) is 5.70 Å². The zero-order chi connectivity index (χ0) is 20.7. The number of Topliss-reactive ketones (excluding diaryl/α,β-unsaturated/α-hetero) is 1. The summed E-state index contributed by atoms with van der Waals surface area (Å²) in [5.74, 6) is -0.144. The number of carbonyl (C=O) groups is 2. The lowest BCUT2D eigenvalue weighted by molar-refractivity contribution is 0.0978. The van der Waals surface area contributed by atoms with E-state index in [0.717, 1.165) is 13.0 Å². The molecule has 3 heteroatoms. The Kier molecular flexibility index (Phi) is 11.4. The molecule has 0 aliphatic heterocycles. The molecule has 0 radical (unpaired) electrons. The lowest BCUT2D eigenvalue weighted by Gasteiger charge is -2.16. The second-order valence-electron chi connectivity index (χ2n) is 8.32. The van der Waals surface area contributed by atoms with Crippen molar-refractivity contribution in [2.75, 3.05) is 6.54 Å². The molecule has 1 aliphatic rings. The second-order valence-corrected chi connectivity index (χ2v) is 8.32. The molecule has 0 saturated carbocycles. The molecular formula is C26H39NO2. The summed E-state index contributed by atoms with van der Waals surface area (Å²) in [6.45, 7) is 3.03. The maximum Gasteiger partial charge on any atom is 0.209 e. The topological polar surface area (TPSA) is 46.2 Å². The maximum absolute atomic E-state index is 12.5. The standard InChI is InChI=1S/C26H39NO2/c1-2-3-4-5-6-7-8-9-10-11-12-13-14-17-20-27-24-21-25(28)22-18-15-16-19-23(22)26(24)29/h15-16,18-19,21,27H,2-14,17,20H2,1H3. The summed E-state index contributed by atoms with van der Waals surface area (Å²) in [4.78, 5) is 24.6. The molecule has 0 aromatic heterocycles. The molecule has 3 nitrogen and oxygen atoms in total. The van der Waals surface area contributed by atoms with Gasteiger partial charge in [0.15, 0.2) is 5.78 Å². The third kappa shape index (κ3) is 8.55. The van der Waals surface area contributed by atoms with Gasteiger partial charge in [-0.2, -0.15) is 0 Å². The average molecular weight is 398 g/mol. The van der Waals surface area contributed by atoms with Crippen molar-refractivity contribution >= 4 is 11.6 Å². The average Bonchev–Trinajstić information content (AvgIpc) is 2.74. The summed E-state index contributed by atoms with van der Waals surface area (Å²) in [6, 6.07) is 7.05. The van der Waals surface area contributed by atoms with Crippen LogP contribution in [0.4, 0.5) is 0 Å². The number of hydrogen-bond donors (Lipinski definition) is 1. The minimum atomic E-state index is -0.0799. The number of benzene rings is 1.